The molecule has 1 saturated heterocycles. The van der Waals surface area contributed by atoms with Crippen molar-refractivity contribution < 1.29 is 4.74 Å². The lowest BCUT2D eigenvalue weighted by atomic mass is 10.1. The van der Waals surface area contributed by atoms with Gasteiger partial charge in [-0.25, -0.2) is 0 Å². The summed E-state index contributed by atoms with van der Waals surface area (Å²) in [7, 11) is 0. The lowest BCUT2D eigenvalue weighted by Gasteiger charge is -2.23. The van der Waals surface area contributed by atoms with Gasteiger partial charge in [0.1, 0.15) is 0 Å². The van der Waals surface area contributed by atoms with Crippen molar-refractivity contribution in [1.29, 1.82) is 0 Å². The number of nitrogens with one attached hydrogen (secondary N) is 1. The first kappa shape index (κ1) is 11.4. The van der Waals surface area contributed by atoms with Crippen molar-refractivity contribution in [2.45, 2.75) is 57.3 Å². The molecule has 3 unspecified atom stereocenters. The van der Waals surface area contributed by atoms with E-state index in [0.29, 0.717) is 24.8 Å². The first-order valence-corrected chi connectivity index (χ1v) is 6.38. The number of nitrogens with two attached hydrogens (primary N) is 1. The number of ether oxygens (including phenoxy) is 1. The maximum atomic E-state index is 5.84. The van der Waals surface area contributed by atoms with Crippen molar-refractivity contribution in [2.24, 2.45) is 11.7 Å². The molecule has 0 aromatic heterocycles. The Kier molecular flexibility index (Phi) is 4.00. The number of hydrogen-bond acceptors (Lipinski definition) is 3. The van der Waals surface area contributed by atoms with Crippen molar-refractivity contribution in [3.8, 4) is 0 Å². The number of rotatable bonds is 6. The molecular weight excluding hydrogens is 188 g/mol. The van der Waals surface area contributed by atoms with E-state index in [1.807, 2.05) is 0 Å². The van der Waals surface area contributed by atoms with Crippen molar-refractivity contribution in [3.05, 3.63) is 0 Å². The zero-order chi connectivity index (χ0) is 10.7. The molecule has 3 atom stereocenters. The standard InChI is InChI=1S/C12H24N2O/c1-9-2-5-12(15-9)11(8-13)14-7-6-10-3-4-10/h9-12,14H,2-8,13H2,1H3. The molecule has 0 bridgehead atoms. The molecule has 0 aromatic carbocycles. The number of hydrogen-bond donors (Lipinski definition) is 2. The molecule has 3 nitrogen and oxygen atoms in total. The van der Waals surface area contributed by atoms with Gasteiger partial charge < -0.3 is 15.8 Å². The van der Waals surface area contributed by atoms with Crippen LogP contribution in [0.15, 0.2) is 0 Å². The molecule has 3 N–H and O–H groups in total. The summed E-state index contributed by atoms with van der Waals surface area (Å²) in [5.74, 6) is 0.999. The van der Waals surface area contributed by atoms with E-state index < -0.39 is 0 Å². The highest BCUT2D eigenvalue weighted by Crippen LogP contribution is 2.31. The van der Waals surface area contributed by atoms with Crippen LogP contribution >= 0.6 is 0 Å². The largest absolute Gasteiger partial charge is 0.374 e. The summed E-state index contributed by atoms with van der Waals surface area (Å²) >= 11 is 0. The summed E-state index contributed by atoms with van der Waals surface area (Å²) in [6, 6.07) is 0.369. The van der Waals surface area contributed by atoms with Crippen LogP contribution in [0.25, 0.3) is 0 Å². The van der Waals surface area contributed by atoms with Crippen molar-refractivity contribution >= 4 is 0 Å². The zero-order valence-corrected chi connectivity index (χ0v) is 9.74. The zero-order valence-electron chi connectivity index (χ0n) is 9.74. The van der Waals surface area contributed by atoms with Crippen LogP contribution in [0.4, 0.5) is 0 Å². The molecule has 0 spiro atoms. The van der Waals surface area contributed by atoms with Crippen LogP contribution in [0, 0.1) is 5.92 Å². The molecule has 2 aliphatic rings. The van der Waals surface area contributed by atoms with Gasteiger partial charge in [-0.05, 0) is 38.6 Å². The predicted molar refractivity (Wildman–Crippen MR) is 61.8 cm³/mol. The Bertz CT molecular complexity index is 194. The molecule has 1 heterocycles. The fourth-order valence-electron chi connectivity index (χ4n) is 2.38. The SMILES string of the molecule is CC1CCC(C(CN)NCCC2CC2)O1. The molecule has 2 rings (SSSR count). The molecule has 15 heavy (non-hydrogen) atoms. The van der Waals surface area contributed by atoms with Gasteiger partial charge in [0.05, 0.1) is 12.2 Å². The molecule has 1 aliphatic heterocycles. The van der Waals surface area contributed by atoms with E-state index in [1.165, 1.54) is 32.1 Å². The van der Waals surface area contributed by atoms with Gasteiger partial charge in [0.25, 0.3) is 0 Å². The molecule has 2 fully saturated rings. The van der Waals surface area contributed by atoms with Crippen molar-refractivity contribution in [2.75, 3.05) is 13.1 Å². The first-order chi connectivity index (χ1) is 7.29. The van der Waals surface area contributed by atoms with Crippen molar-refractivity contribution in [3.63, 3.8) is 0 Å². The molecule has 0 aromatic rings. The summed E-state index contributed by atoms with van der Waals surface area (Å²) in [5.41, 5.74) is 5.79. The highest BCUT2D eigenvalue weighted by atomic mass is 16.5. The van der Waals surface area contributed by atoms with E-state index in [2.05, 4.69) is 12.2 Å². The lowest BCUT2D eigenvalue weighted by Crippen LogP contribution is -2.45. The van der Waals surface area contributed by atoms with Gasteiger partial charge in [0.15, 0.2) is 0 Å². The smallest absolute Gasteiger partial charge is 0.0744 e. The Morgan fingerprint density at radius 1 is 1.33 bits per heavy atom. The van der Waals surface area contributed by atoms with Crippen LogP contribution in [-0.2, 0) is 4.74 Å². The summed E-state index contributed by atoms with van der Waals surface area (Å²) in [6.45, 7) is 3.96. The quantitative estimate of drug-likeness (QED) is 0.697. The Morgan fingerprint density at radius 3 is 2.67 bits per heavy atom. The second-order valence-corrected chi connectivity index (χ2v) is 5.09. The highest BCUT2D eigenvalue weighted by molar-refractivity contribution is 4.84. The van der Waals surface area contributed by atoms with Gasteiger partial charge in [0.2, 0.25) is 0 Å². The van der Waals surface area contributed by atoms with Gasteiger partial charge in [0, 0.05) is 12.6 Å². The lowest BCUT2D eigenvalue weighted by molar-refractivity contribution is 0.0338. The summed E-state index contributed by atoms with van der Waals surface area (Å²) in [4.78, 5) is 0. The van der Waals surface area contributed by atoms with Gasteiger partial charge in [-0.1, -0.05) is 12.8 Å². The van der Waals surface area contributed by atoms with Crippen LogP contribution in [0.2, 0.25) is 0 Å². The topological polar surface area (TPSA) is 47.3 Å². The first-order valence-electron chi connectivity index (χ1n) is 6.38. The van der Waals surface area contributed by atoms with Crippen molar-refractivity contribution in [1.82, 2.24) is 5.32 Å². The Hall–Kier alpha value is -0.120. The van der Waals surface area contributed by atoms with Crippen LogP contribution in [0.1, 0.15) is 39.0 Å². The Labute approximate surface area is 92.7 Å². The van der Waals surface area contributed by atoms with Crippen LogP contribution in [0.5, 0.6) is 0 Å². The normalized spacial score (nSPS) is 33.2. The molecule has 1 aliphatic carbocycles. The Balaban J connectivity index is 1.66. The van der Waals surface area contributed by atoms with E-state index in [0.717, 1.165) is 12.5 Å². The van der Waals surface area contributed by atoms with Gasteiger partial charge >= 0.3 is 0 Å². The fraction of sp³-hybridized carbons (Fsp3) is 1.00. The molecule has 3 heteroatoms. The van der Waals surface area contributed by atoms with Crippen LogP contribution < -0.4 is 11.1 Å². The second-order valence-electron chi connectivity index (χ2n) is 5.09. The highest BCUT2D eigenvalue weighted by Gasteiger charge is 2.29. The maximum absolute atomic E-state index is 5.84. The minimum Gasteiger partial charge on any atom is -0.374 e. The monoisotopic (exact) mass is 212 g/mol. The molecule has 0 radical (unpaired) electrons. The molecular formula is C12H24N2O. The second kappa shape index (κ2) is 5.28. The molecule has 0 amide bonds. The third-order valence-electron chi connectivity index (χ3n) is 3.62. The third kappa shape index (κ3) is 3.44. The van der Waals surface area contributed by atoms with E-state index in [9.17, 15) is 0 Å². The Morgan fingerprint density at radius 2 is 2.13 bits per heavy atom. The summed E-state index contributed by atoms with van der Waals surface area (Å²) < 4.78 is 5.84. The average Bonchev–Trinajstić information content (AvgIpc) is 2.96. The molecule has 88 valence electrons. The predicted octanol–water partition coefficient (Wildman–Crippen LogP) is 1.27. The average molecular weight is 212 g/mol. The van der Waals surface area contributed by atoms with E-state index >= 15 is 0 Å². The van der Waals surface area contributed by atoms with E-state index in [1.54, 1.807) is 0 Å². The fourth-order valence-corrected chi connectivity index (χ4v) is 2.38. The van der Waals surface area contributed by atoms with Gasteiger partial charge in [-0.15, -0.1) is 0 Å². The van der Waals surface area contributed by atoms with E-state index in [4.69, 9.17) is 10.5 Å². The minimum absolute atomic E-state index is 0.351. The van der Waals surface area contributed by atoms with E-state index in [-0.39, 0.29) is 0 Å². The van der Waals surface area contributed by atoms with Gasteiger partial charge in [-0.3, -0.25) is 0 Å². The molecule has 1 saturated carbocycles. The van der Waals surface area contributed by atoms with Crippen LogP contribution in [-0.4, -0.2) is 31.3 Å². The third-order valence-corrected chi connectivity index (χ3v) is 3.62. The maximum Gasteiger partial charge on any atom is 0.0744 e. The minimum atomic E-state index is 0.351. The van der Waals surface area contributed by atoms with Crippen LogP contribution in [0.3, 0.4) is 0 Å². The summed E-state index contributed by atoms with van der Waals surface area (Å²) in [6.07, 6.45) is 7.32. The van der Waals surface area contributed by atoms with Gasteiger partial charge in [-0.2, -0.15) is 0 Å². The summed E-state index contributed by atoms with van der Waals surface area (Å²) in [5, 5.41) is 3.55.